The molecule has 1 heterocycles. The third-order valence-corrected chi connectivity index (χ3v) is 3.17. The zero-order valence-electron chi connectivity index (χ0n) is 13.3. The minimum absolute atomic E-state index is 0.215. The molecule has 0 spiro atoms. The molecule has 1 aromatic heterocycles. The van der Waals surface area contributed by atoms with Gasteiger partial charge in [0.1, 0.15) is 5.82 Å². The molecule has 0 aliphatic carbocycles. The van der Waals surface area contributed by atoms with E-state index in [1.807, 2.05) is 20.8 Å². The van der Waals surface area contributed by atoms with Crippen molar-refractivity contribution in [1.82, 2.24) is 15.1 Å². The van der Waals surface area contributed by atoms with Crippen LogP contribution in [0.5, 0.6) is 0 Å². The van der Waals surface area contributed by atoms with Crippen LogP contribution in [0.3, 0.4) is 0 Å². The van der Waals surface area contributed by atoms with Gasteiger partial charge in [-0.1, -0.05) is 12.1 Å². The summed E-state index contributed by atoms with van der Waals surface area (Å²) in [6.45, 7) is 6.28. The number of hydrogen-bond donors (Lipinski definition) is 3. The number of aromatic carboxylic acids is 1. The molecule has 0 aliphatic rings. The highest BCUT2D eigenvalue weighted by Crippen LogP contribution is 2.18. The summed E-state index contributed by atoms with van der Waals surface area (Å²) < 4.78 is 1.73. The first-order valence-electron chi connectivity index (χ1n) is 7.19. The van der Waals surface area contributed by atoms with Crippen molar-refractivity contribution < 1.29 is 14.7 Å². The van der Waals surface area contributed by atoms with Crippen molar-refractivity contribution in [3.8, 4) is 0 Å². The second kappa shape index (κ2) is 6.51. The van der Waals surface area contributed by atoms with Crippen LogP contribution in [0.15, 0.2) is 36.5 Å². The normalized spacial score (nSPS) is 11.1. The van der Waals surface area contributed by atoms with E-state index >= 15 is 0 Å². The van der Waals surface area contributed by atoms with Crippen LogP contribution in [-0.4, -0.2) is 26.9 Å². The summed E-state index contributed by atoms with van der Waals surface area (Å²) in [5.41, 5.74) is 0.792. The first-order chi connectivity index (χ1) is 10.8. The van der Waals surface area contributed by atoms with E-state index in [1.165, 1.54) is 12.1 Å². The maximum atomic E-state index is 12.0. The first-order valence-corrected chi connectivity index (χ1v) is 7.19. The number of nitrogens with zero attached hydrogens (tertiary/aromatic N) is 2. The maximum absolute atomic E-state index is 12.0. The van der Waals surface area contributed by atoms with Gasteiger partial charge < -0.3 is 10.4 Å². The summed E-state index contributed by atoms with van der Waals surface area (Å²) in [6, 6.07) is 7.73. The summed E-state index contributed by atoms with van der Waals surface area (Å²) in [6.07, 6.45) is 1.63. The SMILES string of the molecule is CC(C)(C)n1nccc1NC(=O)NCc1ccc(C(=O)O)cc1. The van der Waals surface area contributed by atoms with Crippen LogP contribution in [0.2, 0.25) is 0 Å². The van der Waals surface area contributed by atoms with Crippen LogP contribution in [0.4, 0.5) is 10.6 Å². The number of nitrogens with one attached hydrogen (secondary N) is 2. The third-order valence-electron chi connectivity index (χ3n) is 3.17. The highest BCUT2D eigenvalue weighted by molar-refractivity contribution is 5.88. The van der Waals surface area contributed by atoms with Gasteiger partial charge in [0.15, 0.2) is 0 Å². The predicted octanol–water partition coefficient (Wildman–Crippen LogP) is 2.66. The molecule has 0 aliphatic heterocycles. The average Bonchev–Trinajstić information content (AvgIpc) is 2.93. The van der Waals surface area contributed by atoms with Crippen molar-refractivity contribution in [3.63, 3.8) is 0 Å². The number of rotatable bonds is 4. The maximum Gasteiger partial charge on any atom is 0.335 e. The molecule has 3 N–H and O–H groups in total. The molecule has 0 atom stereocenters. The molecule has 1 aromatic carbocycles. The lowest BCUT2D eigenvalue weighted by Gasteiger charge is -2.22. The van der Waals surface area contributed by atoms with Gasteiger partial charge in [0.25, 0.3) is 0 Å². The average molecular weight is 316 g/mol. The molecule has 0 saturated heterocycles. The monoisotopic (exact) mass is 316 g/mol. The Balaban J connectivity index is 1.93. The fraction of sp³-hybridized carbons (Fsp3) is 0.312. The van der Waals surface area contributed by atoms with Crippen LogP contribution in [0.25, 0.3) is 0 Å². The van der Waals surface area contributed by atoms with Crippen molar-refractivity contribution in [2.45, 2.75) is 32.9 Å². The Labute approximate surface area is 134 Å². The van der Waals surface area contributed by atoms with E-state index in [0.717, 1.165) is 5.56 Å². The lowest BCUT2D eigenvalue weighted by molar-refractivity contribution is 0.0697. The van der Waals surface area contributed by atoms with Gasteiger partial charge in [0, 0.05) is 12.6 Å². The second-order valence-corrected chi connectivity index (χ2v) is 6.11. The quantitative estimate of drug-likeness (QED) is 0.808. The largest absolute Gasteiger partial charge is 0.478 e. The summed E-state index contributed by atoms with van der Waals surface area (Å²) in [4.78, 5) is 22.8. The van der Waals surface area contributed by atoms with Gasteiger partial charge in [0.05, 0.1) is 17.3 Å². The molecule has 0 bridgehead atoms. The Morgan fingerprint density at radius 2 is 1.83 bits per heavy atom. The number of anilines is 1. The van der Waals surface area contributed by atoms with E-state index in [1.54, 1.807) is 29.1 Å². The minimum atomic E-state index is -0.974. The van der Waals surface area contributed by atoms with Gasteiger partial charge >= 0.3 is 12.0 Å². The molecule has 0 radical (unpaired) electrons. The summed E-state index contributed by atoms with van der Waals surface area (Å²) in [5, 5.41) is 18.5. The Bertz CT molecular complexity index is 699. The first kappa shape index (κ1) is 16.5. The van der Waals surface area contributed by atoms with E-state index in [-0.39, 0.29) is 17.1 Å². The number of amides is 2. The smallest absolute Gasteiger partial charge is 0.335 e. The molecule has 0 saturated carbocycles. The van der Waals surface area contributed by atoms with Gasteiger partial charge in [-0.15, -0.1) is 0 Å². The predicted molar refractivity (Wildman–Crippen MR) is 86.5 cm³/mol. The molecule has 2 rings (SSSR count). The Hall–Kier alpha value is -2.83. The second-order valence-electron chi connectivity index (χ2n) is 6.11. The van der Waals surface area contributed by atoms with Crippen LogP contribution in [0, 0.1) is 0 Å². The van der Waals surface area contributed by atoms with Crippen LogP contribution >= 0.6 is 0 Å². The van der Waals surface area contributed by atoms with E-state index in [9.17, 15) is 9.59 Å². The van der Waals surface area contributed by atoms with Crippen molar-refractivity contribution in [2.24, 2.45) is 0 Å². The molecule has 2 amide bonds. The number of carboxylic acids is 1. The highest BCUT2D eigenvalue weighted by atomic mass is 16.4. The van der Waals surface area contributed by atoms with E-state index in [4.69, 9.17) is 5.11 Å². The molecule has 23 heavy (non-hydrogen) atoms. The molecule has 2 aromatic rings. The lowest BCUT2D eigenvalue weighted by atomic mass is 10.1. The standard InChI is InChI=1S/C16H20N4O3/c1-16(2,3)20-13(8-9-18-20)19-15(23)17-10-11-4-6-12(7-5-11)14(21)22/h4-9H,10H2,1-3H3,(H,21,22)(H2,17,19,23). The molecule has 122 valence electrons. The third kappa shape index (κ3) is 4.32. The fourth-order valence-corrected chi connectivity index (χ4v) is 2.04. The van der Waals surface area contributed by atoms with Crippen molar-refractivity contribution >= 4 is 17.8 Å². The highest BCUT2D eigenvalue weighted by Gasteiger charge is 2.18. The van der Waals surface area contributed by atoms with E-state index in [2.05, 4.69) is 15.7 Å². The molecule has 0 fully saturated rings. The Kier molecular flexibility index (Phi) is 4.68. The van der Waals surface area contributed by atoms with Gasteiger partial charge in [-0.05, 0) is 38.5 Å². The van der Waals surface area contributed by atoms with E-state index < -0.39 is 5.97 Å². The lowest BCUT2D eigenvalue weighted by Crippen LogP contribution is -2.32. The number of carbonyl (C=O) groups excluding carboxylic acids is 1. The number of carboxylic acid groups (broad SMARTS) is 1. The molecule has 7 nitrogen and oxygen atoms in total. The number of carbonyl (C=O) groups is 2. The summed E-state index contributed by atoms with van der Waals surface area (Å²) in [7, 11) is 0. The van der Waals surface area contributed by atoms with Gasteiger partial charge in [-0.2, -0.15) is 5.10 Å². The summed E-state index contributed by atoms with van der Waals surface area (Å²) >= 11 is 0. The zero-order chi connectivity index (χ0) is 17.0. The number of benzene rings is 1. The van der Waals surface area contributed by atoms with Gasteiger partial charge in [-0.25, -0.2) is 14.3 Å². The topological polar surface area (TPSA) is 96.3 Å². The van der Waals surface area contributed by atoms with Crippen LogP contribution in [0.1, 0.15) is 36.7 Å². The minimum Gasteiger partial charge on any atom is -0.478 e. The van der Waals surface area contributed by atoms with Crippen molar-refractivity contribution in [2.75, 3.05) is 5.32 Å². The van der Waals surface area contributed by atoms with Crippen molar-refractivity contribution in [3.05, 3.63) is 47.7 Å². The Morgan fingerprint density at radius 3 is 2.39 bits per heavy atom. The zero-order valence-corrected chi connectivity index (χ0v) is 13.3. The number of urea groups is 1. The van der Waals surface area contributed by atoms with Crippen LogP contribution < -0.4 is 10.6 Å². The number of hydrogen-bond acceptors (Lipinski definition) is 3. The molecule has 0 unspecified atom stereocenters. The summed E-state index contributed by atoms with van der Waals surface area (Å²) in [5.74, 6) is -0.367. The van der Waals surface area contributed by atoms with Crippen LogP contribution in [-0.2, 0) is 12.1 Å². The van der Waals surface area contributed by atoms with Crippen molar-refractivity contribution in [1.29, 1.82) is 0 Å². The number of aromatic nitrogens is 2. The van der Waals surface area contributed by atoms with E-state index in [0.29, 0.717) is 12.4 Å². The molecular weight excluding hydrogens is 296 g/mol. The molecule has 7 heteroatoms. The fourth-order valence-electron chi connectivity index (χ4n) is 2.04. The van der Waals surface area contributed by atoms with Gasteiger partial charge in [-0.3, -0.25) is 5.32 Å². The Morgan fingerprint density at radius 1 is 1.17 bits per heavy atom. The van der Waals surface area contributed by atoms with Gasteiger partial charge in [0.2, 0.25) is 0 Å². The molecular formula is C16H20N4O3.